The second-order valence-corrected chi connectivity index (χ2v) is 7.49. The Hall–Kier alpha value is -2.73. The van der Waals surface area contributed by atoms with E-state index in [0.29, 0.717) is 0 Å². The highest BCUT2D eigenvalue weighted by Gasteiger charge is 2.22. The molecule has 1 amide bonds. The molecule has 0 aliphatic carbocycles. The maximum Gasteiger partial charge on any atom is 0.244 e. The molecule has 1 fully saturated rings. The second-order valence-electron chi connectivity index (χ2n) is 7.49. The van der Waals surface area contributed by atoms with Crippen LogP contribution in [0.5, 0.6) is 0 Å². The quantitative estimate of drug-likeness (QED) is 0.753. The van der Waals surface area contributed by atoms with Crippen LogP contribution in [-0.2, 0) is 9.53 Å². The number of nitrogens with zero attached hydrogens (tertiary/aromatic N) is 1. The van der Waals surface area contributed by atoms with Crippen LogP contribution >= 0.6 is 0 Å². The molecule has 3 atom stereocenters. The van der Waals surface area contributed by atoms with Gasteiger partial charge in [0.1, 0.15) is 11.6 Å². The average molecular weight is 400 g/mol. The van der Waals surface area contributed by atoms with E-state index in [4.69, 9.17) is 4.74 Å². The first-order chi connectivity index (χ1) is 13.8. The van der Waals surface area contributed by atoms with Gasteiger partial charge in [-0.15, -0.1) is 0 Å². The number of anilines is 1. The van der Waals surface area contributed by atoms with Crippen LogP contribution < -0.4 is 10.2 Å². The fourth-order valence-electron chi connectivity index (χ4n) is 3.53. The lowest BCUT2D eigenvalue weighted by molar-refractivity contribution is -0.117. The van der Waals surface area contributed by atoms with Crippen molar-refractivity contribution >= 4 is 17.7 Å². The van der Waals surface area contributed by atoms with E-state index in [0.717, 1.165) is 36.5 Å². The highest BCUT2D eigenvalue weighted by atomic mass is 19.1. The third-order valence-electron chi connectivity index (χ3n) is 4.89. The van der Waals surface area contributed by atoms with Crippen molar-refractivity contribution in [3.8, 4) is 0 Å². The molecule has 1 N–H and O–H groups in total. The maximum absolute atomic E-state index is 13.7. The number of hydrogen-bond donors (Lipinski definition) is 1. The van der Waals surface area contributed by atoms with Crippen LogP contribution in [0.4, 0.5) is 14.5 Å². The summed E-state index contributed by atoms with van der Waals surface area (Å²) in [5.41, 5.74) is 2.23. The van der Waals surface area contributed by atoms with E-state index in [1.54, 1.807) is 0 Å². The lowest BCUT2D eigenvalue weighted by Crippen LogP contribution is -2.45. The summed E-state index contributed by atoms with van der Waals surface area (Å²) in [6, 6.07) is 11.1. The maximum atomic E-state index is 13.7. The fourth-order valence-corrected chi connectivity index (χ4v) is 3.53. The molecule has 0 bridgehead atoms. The van der Waals surface area contributed by atoms with Crippen LogP contribution in [0.15, 0.2) is 48.5 Å². The number of benzene rings is 2. The topological polar surface area (TPSA) is 41.6 Å². The molecule has 4 nitrogen and oxygen atoms in total. The molecule has 0 unspecified atom stereocenters. The molecule has 29 heavy (non-hydrogen) atoms. The van der Waals surface area contributed by atoms with Gasteiger partial charge in [-0.25, -0.2) is 8.78 Å². The van der Waals surface area contributed by atoms with E-state index < -0.39 is 11.6 Å². The fraction of sp³-hybridized carbons (Fsp3) is 0.348. The summed E-state index contributed by atoms with van der Waals surface area (Å²) in [5, 5.41) is 2.88. The van der Waals surface area contributed by atoms with Crippen molar-refractivity contribution in [3.63, 3.8) is 0 Å². The Labute approximate surface area is 170 Å². The van der Waals surface area contributed by atoms with Gasteiger partial charge < -0.3 is 15.0 Å². The molecule has 6 heteroatoms. The standard InChI is InChI=1S/C23H26F2N2O2/c1-15-13-27(14-16(2)29-15)21-6-4-5-19(11-21)17(3)26-23(28)10-8-18-7-9-20(24)12-22(18)25/h4-12,15-17H,13-14H2,1-3H3,(H,26,28)/b10-8+/t15-,16+,17-/m0/s1. The number of ether oxygens (including phenoxy) is 1. The number of carbonyl (C=O) groups is 1. The van der Waals surface area contributed by atoms with E-state index in [9.17, 15) is 13.6 Å². The van der Waals surface area contributed by atoms with Gasteiger partial charge in [0.05, 0.1) is 18.2 Å². The Morgan fingerprint density at radius 2 is 1.90 bits per heavy atom. The smallest absolute Gasteiger partial charge is 0.244 e. The molecule has 0 spiro atoms. The van der Waals surface area contributed by atoms with Crippen molar-refractivity contribution in [1.29, 1.82) is 0 Å². The van der Waals surface area contributed by atoms with Gasteiger partial charge in [0.25, 0.3) is 0 Å². The molecular formula is C23H26F2N2O2. The third kappa shape index (κ3) is 5.64. The SMILES string of the molecule is C[C@@H]1CN(c2cccc([C@H](C)NC(=O)/C=C/c3ccc(F)cc3F)c2)C[C@H](C)O1. The van der Waals surface area contributed by atoms with Crippen molar-refractivity contribution < 1.29 is 18.3 Å². The van der Waals surface area contributed by atoms with Crippen LogP contribution in [0.1, 0.15) is 37.9 Å². The van der Waals surface area contributed by atoms with E-state index in [-0.39, 0.29) is 29.7 Å². The molecular weight excluding hydrogens is 374 g/mol. The van der Waals surface area contributed by atoms with Crippen LogP contribution in [0.25, 0.3) is 6.08 Å². The molecule has 154 valence electrons. The van der Waals surface area contributed by atoms with E-state index in [1.807, 2.05) is 19.1 Å². The number of hydrogen-bond acceptors (Lipinski definition) is 3. The Kier molecular flexibility index (Phi) is 6.64. The van der Waals surface area contributed by atoms with E-state index >= 15 is 0 Å². The Bertz CT molecular complexity index is 890. The van der Waals surface area contributed by atoms with Gasteiger partial charge >= 0.3 is 0 Å². The monoisotopic (exact) mass is 400 g/mol. The molecule has 1 heterocycles. The lowest BCUT2D eigenvalue weighted by atomic mass is 10.1. The third-order valence-corrected chi connectivity index (χ3v) is 4.89. The zero-order chi connectivity index (χ0) is 21.0. The van der Waals surface area contributed by atoms with Crippen molar-refractivity contribution in [2.75, 3.05) is 18.0 Å². The summed E-state index contributed by atoms with van der Waals surface area (Å²) in [6.45, 7) is 7.66. The van der Waals surface area contributed by atoms with Crippen LogP contribution in [0.3, 0.4) is 0 Å². The summed E-state index contributed by atoms with van der Waals surface area (Å²) >= 11 is 0. The molecule has 0 aromatic heterocycles. The number of amides is 1. The number of halogens is 2. The van der Waals surface area contributed by atoms with Gasteiger partial charge in [0, 0.05) is 36.5 Å². The molecule has 2 aromatic rings. The lowest BCUT2D eigenvalue weighted by Gasteiger charge is -2.37. The highest BCUT2D eigenvalue weighted by molar-refractivity contribution is 5.92. The minimum absolute atomic E-state index is 0.159. The molecule has 3 rings (SSSR count). The zero-order valence-corrected chi connectivity index (χ0v) is 16.9. The average Bonchev–Trinajstić information content (AvgIpc) is 2.66. The summed E-state index contributed by atoms with van der Waals surface area (Å²) in [7, 11) is 0. The van der Waals surface area contributed by atoms with E-state index in [1.165, 1.54) is 18.2 Å². The largest absolute Gasteiger partial charge is 0.372 e. The molecule has 0 saturated carbocycles. The number of nitrogens with one attached hydrogen (secondary N) is 1. The summed E-state index contributed by atoms with van der Waals surface area (Å²) in [6.07, 6.45) is 2.92. The van der Waals surface area contributed by atoms with Crippen molar-refractivity contribution in [1.82, 2.24) is 5.32 Å². The zero-order valence-electron chi connectivity index (χ0n) is 16.9. The first kappa shape index (κ1) is 21.0. The van der Waals surface area contributed by atoms with Crippen LogP contribution in [-0.4, -0.2) is 31.2 Å². The predicted octanol–water partition coefficient (Wildman–Crippen LogP) is 4.47. The minimum atomic E-state index is -0.705. The van der Waals surface area contributed by atoms with Gasteiger partial charge in [0.2, 0.25) is 5.91 Å². The predicted molar refractivity (Wildman–Crippen MR) is 111 cm³/mol. The summed E-state index contributed by atoms with van der Waals surface area (Å²) < 4.78 is 32.4. The Morgan fingerprint density at radius 3 is 2.59 bits per heavy atom. The number of morpholine rings is 1. The Balaban J connectivity index is 1.65. The van der Waals surface area contributed by atoms with Crippen molar-refractivity contribution in [3.05, 3.63) is 71.3 Å². The van der Waals surface area contributed by atoms with Gasteiger partial charge in [-0.3, -0.25) is 4.79 Å². The van der Waals surface area contributed by atoms with Gasteiger partial charge in [0.15, 0.2) is 0 Å². The van der Waals surface area contributed by atoms with Crippen molar-refractivity contribution in [2.24, 2.45) is 0 Å². The summed E-state index contributed by atoms with van der Waals surface area (Å²) in [5.74, 6) is -1.70. The number of rotatable bonds is 5. The number of carbonyl (C=O) groups excluding carboxylic acids is 1. The molecule has 1 aliphatic rings. The molecule has 1 aliphatic heterocycles. The van der Waals surface area contributed by atoms with Gasteiger partial charge in [-0.05, 0) is 56.7 Å². The Morgan fingerprint density at radius 1 is 1.17 bits per heavy atom. The normalized spacial score (nSPS) is 20.7. The van der Waals surface area contributed by atoms with Crippen molar-refractivity contribution in [2.45, 2.75) is 39.0 Å². The first-order valence-electron chi connectivity index (χ1n) is 9.76. The second kappa shape index (κ2) is 9.18. The van der Waals surface area contributed by atoms with Gasteiger partial charge in [-0.2, -0.15) is 0 Å². The van der Waals surface area contributed by atoms with E-state index in [2.05, 4.69) is 36.2 Å². The highest BCUT2D eigenvalue weighted by Crippen LogP contribution is 2.24. The molecule has 2 aromatic carbocycles. The summed E-state index contributed by atoms with van der Waals surface area (Å²) in [4.78, 5) is 14.5. The van der Waals surface area contributed by atoms with Gasteiger partial charge in [-0.1, -0.05) is 12.1 Å². The molecule has 1 saturated heterocycles. The first-order valence-corrected chi connectivity index (χ1v) is 9.76. The molecule has 0 radical (unpaired) electrons. The van der Waals surface area contributed by atoms with Crippen LogP contribution in [0, 0.1) is 11.6 Å². The minimum Gasteiger partial charge on any atom is -0.372 e. The van der Waals surface area contributed by atoms with Crippen LogP contribution in [0.2, 0.25) is 0 Å².